The molecule has 0 radical (unpaired) electrons. The number of aliphatic hydroxyl groups excluding tert-OH is 1. The van der Waals surface area contributed by atoms with E-state index in [-0.39, 0.29) is 6.61 Å². The minimum Gasteiger partial charge on any atom is -0.395 e. The van der Waals surface area contributed by atoms with Gasteiger partial charge in [-0.2, -0.15) is 0 Å². The van der Waals surface area contributed by atoms with Gasteiger partial charge in [-0.25, -0.2) is 0 Å². The maximum Gasteiger partial charge on any atom is 0.0610 e. The Bertz CT molecular complexity index is 227. The molecule has 0 aliphatic rings. The van der Waals surface area contributed by atoms with Gasteiger partial charge in [-0.15, -0.1) is 0 Å². The zero-order valence-corrected chi connectivity index (χ0v) is 7.17. The van der Waals surface area contributed by atoms with Gasteiger partial charge in [0.1, 0.15) is 0 Å². The second-order valence-electron chi connectivity index (χ2n) is 2.69. The second kappa shape index (κ2) is 3.58. The van der Waals surface area contributed by atoms with Crippen LogP contribution in [0.15, 0.2) is 12.1 Å². The van der Waals surface area contributed by atoms with Crippen LogP contribution >= 0.6 is 0 Å². The third kappa shape index (κ3) is 1.63. The zero-order chi connectivity index (χ0) is 8.27. The fourth-order valence-electron chi connectivity index (χ4n) is 1.35. The standard InChI is InChI=1S/C9H15NO/c1-3-9-5-4-8(2)10(9)6-7-11/h4-5,11H,3,6-7H2,1-2H3. The van der Waals surface area contributed by atoms with E-state index in [0.29, 0.717) is 0 Å². The van der Waals surface area contributed by atoms with E-state index in [1.807, 2.05) is 0 Å². The van der Waals surface area contributed by atoms with Gasteiger partial charge in [0.2, 0.25) is 0 Å². The molecule has 0 saturated carbocycles. The van der Waals surface area contributed by atoms with E-state index < -0.39 is 0 Å². The van der Waals surface area contributed by atoms with Crippen molar-refractivity contribution in [1.82, 2.24) is 4.57 Å². The van der Waals surface area contributed by atoms with Crippen molar-refractivity contribution in [3.63, 3.8) is 0 Å². The van der Waals surface area contributed by atoms with Crippen molar-refractivity contribution in [2.24, 2.45) is 0 Å². The molecule has 1 rings (SSSR count). The van der Waals surface area contributed by atoms with Crippen molar-refractivity contribution >= 4 is 0 Å². The first-order valence-electron chi connectivity index (χ1n) is 4.05. The Morgan fingerprint density at radius 3 is 2.73 bits per heavy atom. The topological polar surface area (TPSA) is 25.2 Å². The Kier molecular flexibility index (Phi) is 2.71. The number of aromatic nitrogens is 1. The molecular weight excluding hydrogens is 138 g/mol. The van der Waals surface area contributed by atoms with E-state index in [1.54, 1.807) is 0 Å². The molecule has 11 heavy (non-hydrogen) atoms. The van der Waals surface area contributed by atoms with E-state index in [4.69, 9.17) is 5.11 Å². The van der Waals surface area contributed by atoms with Crippen LogP contribution in [0.1, 0.15) is 18.3 Å². The molecule has 1 N–H and O–H groups in total. The number of nitrogens with zero attached hydrogens (tertiary/aromatic N) is 1. The summed E-state index contributed by atoms with van der Waals surface area (Å²) in [5.74, 6) is 0. The first-order chi connectivity index (χ1) is 5.29. The summed E-state index contributed by atoms with van der Waals surface area (Å²) in [6, 6.07) is 4.21. The average molecular weight is 153 g/mol. The SMILES string of the molecule is CCc1ccc(C)n1CCO. The van der Waals surface area contributed by atoms with Crippen LogP contribution < -0.4 is 0 Å². The molecule has 0 aliphatic carbocycles. The summed E-state index contributed by atoms with van der Waals surface area (Å²) in [7, 11) is 0. The predicted molar refractivity (Wildman–Crippen MR) is 45.6 cm³/mol. The molecule has 0 atom stereocenters. The van der Waals surface area contributed by atoms with Crippen molar-refractivity contribution in [3.8, 4) is 0 Å². The molecule has 62 valence electrons. The van der Waals surface area contributed by atoms with Gasteiger partial charge in [-0.3, -0.25) is 0 Å². The van der Waals surface area contributed by atoms with Gasteiger partial charge in [-0.1, -0.05) is 6.92 Å². The molecular formula is C9H15NO. The number of rotatable bonds is 3. The van der Waals surface area contributed by atoms with Crippen molar-refractivity contribution in [2.45, 2.75) is 26.8 Å². The minimum atomic E-state index is 0.225. The summed E-state index contributed by atoms with van der Waals surface area (Å²) in [5.41, 5.74) is 2.53. The number of aliphatic hydroxyl groups is 1. The van der Waals surface area contributed by atoms with E-state index in [2.05, 4.69) is 30.5 Å². The van der Waals surface area contributed by atoms with E-state index >= 15 is 0 Å². The molecule has 0 aliphatic heterocycles. The maximum absolute atomic E-state index is 8.76. The highest BCUT2D eigenvalue weighted by molar-refractivity contribution is 5.14. The van der Waals surface area contributed by atoms with Crippen LogP contribution in [0.5, 0.6) is 0 Å². The van der Waals surface area contributed by atoms with Crippen LogP contribution in [0, 0.1) is 6.92 Å². The van der Waals surface area contributed by atoms with Crippen molar-refractivity contribution in [3.05, 3.63) is 23.5 Å². The molecule has 0 saturated heterocycles. The third-order valence-corrected chi connectivity index (χ3v) is 1.98. The Balaban J connectivity index is 2.88. The zero-order valence-electron chi connectivity index (χ0n) is 7.17. The van der Waals surface area contributed by atoms with Gasteiger partial charge in [-0.05, 0) is 25.5 Å². The molecule has 2 heteroatoms. The molecule has 0 spiro atoms. The lowest BCUT2D eigenvalue weighted by atomic mass is 10.3. The summed E-state index contributed by atoms with van der Waals surface area (Å²) in [6.07, 6.45) is 1.04. The molecule has 0 amide bonds. The highest BCUT2D eigenvalue weighted by atomic mass is 16.3. The molecule has 2 nitrogen and oxygen atoms in total. The first kappa shape index (κ1) is 8.34. The normalized spacial score (nSPS) is 10.5. The molecule has 1 aromatic heterocycles. The fourth-order valence-corrected chi connectivity index (χ4v) is 1.35. The number of hydrogen-bond donors (Lipinski definition) is 1. The largest absolute Gasteiger partial charge is 0.395 e. The Hall–Kier alpha value is -0.760. The summed E-state index contributed by atoms with van der Waals surface area (Å²) in [5, 5.41) is 8.76. The summed E-state index contributed by atoms with van der Waals surface area (Å²) in [6.45, 7) is 5.14. The number of hydrogen-bond acceptors (Lipinski definition) is 1. The van der Waals surface area contributed by atoms with E-state index in [9.17, 15) is 0 Å². The van der Waals surface area contributed by atoms with Crippen LogP contribution in [0.25, 0.3) is 0 Å². The van der Waals surface area contributed by atoms with E-state index in [1.165, 1.54) is 11.4 Å². The van der Waals surface area contributed by atoms with Crippen molar-refractivity contribution in [1.29, 1.82) is 0 Å². The molecule has 0 unspecified atom stereocenters. The van der Waals surface area contributed by atoms with Gasteiger partial charge in [0.15, 0.2) is 0 Å². The quantitative estimate of drug-likeness (QED) is 0.696. The first-order valence-corrected chi connectivity index (χ1v) is 4.05. The van der Waals surface area contributed by atoms with Gasteiger partial charge in [0.25, 0.3) is 0 Å². The van der Waals surface area contributed by atoms with Crippen LogP contribution in [-0.4, -0.2) is 16.3 Å². The Morgan fingerprint density at radius 1 is 1.45 bits per heavy atom. The number of aryl methyl sites for hydroxylation is 2. The van der Waals surface area contributed by atoms with Crippen LogP contribution in [0.3, 0.4) is 0 Å². The molecule has 1 aromatic rings. The smallest absolute Gasteiger partial charge is 0.0610 e. The molecule has 0 aromatic carbocycles. The summed E-state index contributed by atoms with van der Waals surface area (Å²) < 4.78 is 2.15. The van der Waals surface area contributed by atoms with Crippen LogP contribution in [0.2, 0.25) is 0 Å². The van der Waals surface area contributed by atoms with Gasteiger partial charge in [0.05, 0.1) is 6.61 Å². The van der Waals surface area contributed by atoms with Gasteiger partial charge < -0.3 is 9.67 Å². The molecule has 1 heterocycles. The van der Waals surface area contributed by atoms with Crippen LogP contribution in [0.4, 0.5) is 0 Å². The maximum atomic E-state index is 8.76. The monoisotopic (exact) mass is 153 g/mol. The van der Waals surface area contributed by atoms with Gasteiger partial charge in [0, 0.05) is 17.9 Å². The minimum absolute atomic E-state index is 0.225. The second-order valence-corrected chi connectivity index (χ2v) is 2.69. The summed E-state index contributed by atoms with van der Waals surface area (Å²) in [4.78, 5) is 0. The molecule has 0 fully saturated rings. The fraction of sp³-hybridized carbons (Fsp3) is 0.556. The predicted octanol–water partition coefficient (Wildman–Crippen LogP) is 1.35. The summed E-state index contributed by atoms with van der Waals surface area (Å²) >= 11 is 0. The molecule has 0 bridgehead atoms. The highest BCUT2D eigenvalue weighted by Gasteiger charge is 2.00. The van der Waals surface area contributed by atoms with Gasteiger partial charge >= 0.3 is 0 Å². The Morgan fingerprint density at radius 2 is 2.18 bits per heavy atom. The lowest BCUT2D eigenvalue weighted by molar-refractivity contribution is 0.273. The Labute approximate surface area is 67.5 Å². The van der Waals surface area contributed by atoms with Crippen LogP contribution in [-0.2, 0) is 13.0 Å². The van der Waals surface area contributed by atoms with Crippen molar-refractivity contribution < 1.29 is 5.11 Å². The average Bonchev–Trinajstić information content (AvgIpc) is 2.34. The lowest BCUT2D eigenvalue weighted by Crippen LogP contribution is -2.06. The third-order valence-electron chi connectivity index (χ3n) is 1.98. The highest BCUT2D eigenvalue weighted by Crippen LogP contribution is 2.08. The van der Waals surface area contributed by atoms with Crippen molar-refractivity contribution in [2.75, 3.05) is 6.61 Å². The lowest BCUT2D eigenvalue weighted by Gasteiger charge is -2.07. The van der Waals surface area contributed by atoms with E-state index in [0.717, 1.165) is 13.0 Å².